The predicted molar refractivity (Wildman–Crippen MR) is 80.8 cm³/mol. The van der Waals surface area contributed by atoms with Gasteiger partial charge in [0.15, 0.2) is 0 Å². The Morgan fingerprint density at radius 1 is 1.20 bits per heavy atom. The molecule has 102 valence electrons. The van der Waals surface area contributed by atoms with Crippen molar-refractivity contribution >= 4 is 5.69 Å². The Balaban J connectivity index is 2.38. The van der Waals surface area contributed by atoms with Crippen molar-refractivity contribution < 1.29 is 4.74 Å². The Bertz CT molecular complexity index is 644. The first-order valence-electron chi connectivity index (χ1n) is 6.72. The van der Waals surface area contributed by atoms with Crippen LogP contribution in [0.4, 0.5) is 5.69 Å². The van der Waals surface area contributed by atoms with Crippen LogP contribution in [-0.4, -0.2) is 0 Å². The van der Waals surface area contributed by atoms with E-state index in [0.717, 1.165) is 17.7 Å². The average molecular weight is 266 g/mol. The van der Waals surface area contributed by atoms with Crippen molar-refractivity contribution in [2.24, 2.45) is 0 Å². The van der Waals surface area contributed by atoms with E-state index in [-0.39, 0.29) is 0 Å². The van der Waals surface area contributed by atoms with E-state index in [1.807, 2.05) is 18.2 Å². The molecule has 0 aliphatic carbocycles. The van der Waals surface area contributed by atoms with Gasteiger partial charge in [0, 0.05) is 5.69 Å². The van der Waals surface area contributed by atoms with E-state index < -0.39 is 0 Å². The van der Waals surface area contributed by atoms with Crippen LogP contribution in [-0.2, 0) is 0 Å². The van der Waals surface area contributed by atoms with Crippen LogP contribution in [0.1, 0.15) is 37.3 Å². The van der Waals surface area contributed by atoms with Crippen LogP contribution in [0.5, 0.6) is 11.5 Å². The van der Waals surface area contributed by atoms with E-state index >= 15 is 0 Å². The molecule has 0 aromatic heterocycles. The molecule has 0 saturated carbocycles. The molecule has 3 nitrogen and oxygen atoms in total. The number of nitriles is 1. The zero-order valence-electron chi connectivity index (χ0n) is 11.8. The lowest BCUT2D eigenvalue weighted by Gasteiger charge is -2.16. The number of anilines is 1. The number of hydrogen-bond acceptors (Lipinski definition) is 3. The first kappa shape index (κ1) is 14.0. The zero-order chi connectivity index (χ0) is 14.5. The highest BCUT2D eigenvalue weighted by Gasteiger charge is 2.12. The minimum Gasteiger partial charge on any atom is -0.456 e. The molecule has 1 unspecified atom stereocenters. The molecule has 0 bridgehead atoms. The summed E-state index contributed by atoms with van der Waals surface area (Å²) >= 11 is 0. The number of ether oxygens (including phenoxy) is 1. The first-order chi connectivity index (χ1) is 9.65. The van der Waals surface area contributed by atoms with Crippen molar-refractivity contribution in [3.05, 3.63) is 53.6 Å². The molecule has 0 aliphatic heterocycles. The highest BCUT2D eigenvalue weighted by molar-refractivity contribution is 5.54. The lowest BCUT2D eigenvalue weighted by Crippen LogP contribution is -1.97. The molecular weight excluding hydrogens is 248 g/mol. The minimum atomic E-state index is 0.408. The number of nitrogen functional groups attached to an aromatic ring is 1. The lowest BCUT2D eigenvalue weighted by atomic mass is 9.98. The molecule has 0 spiro atoms. The normalized spacial score (nSPS) is 11.7. The first-order valence-corrected chi connectivity index (χ1v) is 6.72. The van der Waals surface area contributed by atoms with Crippen LogP contribution in [0.3, 0.4) is 0 Å². The summed E-state index contributed by atoms with van der Waals surface area (Å²) in [6.07, 6.45) is 1.03. The Kier molecular flexibility index (Phi) is 4.27. The summed E-state index contributed by atoms with van der Waals surface area (Å²) in [5.41, 5.74) is 7.85. The molecule has 1 atom stereocenters. The molecule has 0 amide bonds. The monoisotopic (exact) mass is 266 g/mol. The number of hydrogen-bond donors (Lipinski definition) is 1. The van der Waals surface area contributed by atoms with Crippen LogP contribution in [0, 0.1) is 11.3 Å². The van der Waals surface area contributed by atoms with Crippen molar-refractivity contribution in [1.82, 2.24) is 0 Å². The summed E-state index contributed by atoms with van der Waals surface area (Å²) in [5, 5.41) is 9.16. The lowest BCUT2D eigenvalue weighted by molar-refractivity contribution is 0.469. The number of nitrogens with two attached hydrogens (primary N) is 1. The minimum absolute atomic E-state index is 0.408. The molecule has 2 aromatic rings. The van der Waals surface area contributed by atoms with E-state index in [2.05, 4.69) is 26.0 Å². The van der Waals surface area contributed by atoms with Gasteiger partial charge in [-0.1, -0.05) is 32.0 Å². The largest absolute Gasteiger partial charge is 0.456 e. The van der Waals surface area contributed by atoms with Crippen LogP contribution in [0.15, 0.2) is 42.5 Å². The van der Waals surface area contributed by atoms with Gasteiger partial charge in [-0.2, -0.15) is 5.26 Å². The summed E-state index contributed by atoms with van der Waals surface area (Å²) in [6.45, 7) is 4.31. The summed E-state index contributed by atoms with van der Waals surface area (Å²) < 4.78 is 5.93. The summed E-state index contributed by atoms with van der Waals surface area (Å²) in [4.78, 5) is 0. The van der Waals surface area contributed by atoms with Gasteiger partial charge in [-0.25, -0.2) is 0 Å². The third-order valence-corrected chi connectivity index (χ3v) is 3.41. The summed E-state index contributed by atoms with van der Waals surface area (Å²) in [6, 6.07) is 15.1. The van der Waals surface area contributed by atoms with Gasteiger partial charge in [-0.15, -0.1) is 0 Å². The number of benzene rings is 2. The molecular formula is C17H18N2O. The Hall–Kier alpha value is -2.47. The smallest absolute Gasteiger partial charge is 0.145 e. The quantitative estimate of drug-likeness (QED) is 0.832. The molecule has 0 fully saturated rings. The van der Waals surface area contributed by atoms with Crippen molar-refractivity contribution in [2.75, 3.05) is 5.73 Å². The summed E-state index contributed by atoms with van der Waals surface area (Å²) in [7, 11) is 0. The SMILES string of the molecule is CCC(C)c1ccccc1Oc1ccc(N)cc1C#N. The number of nitrogens with zero attached hydrogens (tertiary/aromatic N) is 1. The van der Waals surface area contributed by atoms with Crippen molar-refractivity contribution in [3.8, 4) is 17.6 Å². The Morgan fingerprint density at radius 3 is 2.65 bits per heavy atom. The maximum absolute atomic E-state index is 9.16. The highest BCUT2D eigenvalue weighted by atomic mass is 16.5. The Morgan fingerprint density at radius 2 is 1.95 bits per heavy atom. The van der Waals surface area contributed by atoms with Gasteiger partial charge in [0.25, 0.3) is 0 Å². The molecule has 0 saturated heterocycles. The standard InChI is InChI=1S/C17H18N2O/c1-3-12(2)15-6-4-5-7-17(15)20-16-9-8-14(19)10-13(16)11-18/h4-10,12H,3,19H2,1-2H3. The maximum atomic E-state index is 9.16. The van der Waals surface area contributed by atoms with Crippen molar-refractivity contribution in [1.29, 1.82) is 5.26 Å². The van der Waals surface area contributed by atoms with Gasteiger partial charge in [0.2, 0.25) is 0 Å². The molecule has 2 N–H and O–H groups in total. The number of rotatable bonds is 4. The van der Waals surface area contributed by atoms with Gasteiger partial charge in [-0.3, -0.25) is 0 Å². The van der Waals surface area contributed by atoms with Crippen LogP contribution in [0.2, 0.25) is 0 Å². The van der Waals surface area contributed by atoms with Crippen molar-refractivity contribution in [3.63, 3.8) is 0 Å². The van der Waals surface area contributed by atoms with Crippen LogP contribution < -0.4 is 10.5 Å². The van der Waals surface area contributed by atoms with Gasteiger partial charge < -0.3 is 10.5 Å². The van der Waals surface area contributed by atoms with E-state index in [1.54, 1.807) is 18.2 Å². The molecule has 0 aliphatic rings. The van der Waals surface area contributed by atoms with Gasteiger partial charge >= 0.3 is 0 Å². The molecule has 0 heterocycles. The summed E-state index contributed by atoms with van der Waals surface area (Å²) in [5.74, 6) is 1.74. The second kappa shape index (κ2) is 6.12. The second-order valence-electron chi connectivity index (χ2n) is 4.82. The fourth-order valence-electron chi connectivity index (χ4n) is 2.04. The molecule has 2 rings (SSSR count). The van der Waals surface area contributed by atoms with Crippen molar-refractivity contribution in [2.45, 2.75) is 26.2 Å². The predicted octanol–water partition coefficient (Wildman–Crippen LogP) is 4.45. The van der Waals surface area contributed by atoms with E-state index in [1.165, 1.54) is 0 Å². The molecule has 3 heteroatoms. The fourth-order valence-corrected chi connectivity index (χ4v) is 2.04. The fraction of sp³-hybridized carbons (Fsp3) is 0.235. The zero-order valence-corrected chi connectivity index (χ0v) is 11.8. The van der Waals surface area contributed by atoms with Gasteiger partial charge in [0.1, 0.15) is 17.6 Å². The van der Waals surface area contributed by atoms with E-state index in [4.69, 9.17) is 15.7 Å². The van der Waals surface area contributed by atoms with Gasteiger partial charge in [0.05, 0.1) is 5.56 Å². The highest BCUT2D eigenvalue weighted by Crippen LogP contribution is 2.33. The second-order valence-corrected chi connectivity index (χ2v) is 4.82. The molecule has 0 radical (unpaired) electrons. The average Bonchev–Trinajstić information content (AvgIpc) is 2.48. The number of para-hydroxylation sites is 1. The molecule has 2 aromatic carbocycles. The molecule has 20 heavy (non-hydrogen) atoms. The maximum Gasteiger partial charge on any atom is 0.145 e. The van der Waals surface area contributed by atoms with Crippen LogP contribution >= 0.6 is 0 Å². The van der Waals surface area contributed by atoms with Gasteiger partial charge in [-0.05, 0) is 42.2 Å². The van der Waals surface area contributed by atoms with E-state index in [9.17, 15) is 0 Å². The topological polar surface area (TPSA) is 59.0 Å². The third-order valence-electron chi connectivity index (χ3n) is 3.41. The van der Waals surface area contributed by atoms with Crippen LogP contribution in [0.25, 0.3) is 0 Å². The Labute approximate surface area is 119 Å². The van der Waals surface area contributed by atoms with E-state index in [0.29, 0.717) is 22.9 Å². The third kappa shape index (κ3) is 2.92.